The summed E-state index contributed by atoms with van der Waals surface area (Å²) in [6.07, 6.45) is 0.640. The Hall–Kier alpha value is -3.65. The number of fused-ring (bicyclic) bond motifs is 1. The molecule has 0 aliphatic carbocycles. The van der Waals surface area contributed by atoms with Gasteiger partial charge >= 0.3 is 0 Å². The standard InChI is InChI=1S/C25H24N2O5S/c1-3-23(25(29)27-18-10-11-21-22(14-18)32-15-31-21)33-20-9-5-7-17(13-20)26-24(28)16-6-4-8-19(12-16)30-2/h4-14,23H,3,15H2,1-2H3,(H,26,28)(H,27,29). The summed E-state index contributed by atoms with van der Waals surface area (Å²) in [4.78, 5) is 26.4. The maximum atomic E-state index is 12.9. The van der Waals surface area contributed by atoms with E-state index in [1.807, 2.05) is 31.2 Å². The van der Waals surface area contributed by atoms with Gasteiger partial charge in [0.15, 0.2) is 11.5 Å². The zero-order valence-corrected chi connectivity index (χ0v) is 19.1. The van der Waals surface area contributed by atoms with Gasteiger partial charge in [-0.25, -0.2) is 0 Å². The summed E-state index contributed by atoms with van der Waals surface area (Å²) in [5, 5.41) is 5.54. The zero-order chi connectivity index (χ0) is 23.2. The molecule has 4 rings (SSSR count). The van der Waals surface area contributed by atoms with Gasteiger partial charge in [-0.3, -0.25) is 9.59 Å². The highest BCUT2D eigenvalue weighted by Crippen LogP contribution is 2.35. The number of anilines is 2. The topological polar surface area (TPSA) is 85.9 Å². The second kappa shape index (κ2) is 10.3. The highest BCUT2D eigenvalue weighted by atomic mass is 32.2. The molecule has 7 nitrogen and oxygen atoms in total. The van der Waals surface area contributed by atoms with Gasteiger partial charge in [-0.1, -0.05) is 19.1 Å². The Morgan fingerprint density at radius 3 is 2.58 bits per heavy atom. The number of rotatable bonds is 8. The van der Waals surface area contributed by atoms with Gasteiger partial charge < -0.3 is 24.8 Å². The minimum atomic E-state index is -0.306. The maximum absolute atomic E-state index is 12.9. The third-order valence-electron chi connectivity index (χ3n) is 5.01. The van der Waals surface area contributed by atoms with Crippen LogP contribution in [0.3, 0.4) is 0 Å². The lowest BCUT2D eigenvalue weighted by molar-refractivity contribution is -0.115. The van der Waals surface area contributed by atoms with Gasteiger partial charge in [-0.2, -0.15) is 0 Å². The van der Waals surface area contributed by atoms with E-state index in [9.17, 15) is 9.59 Å². The summed E-state index contributed by atoms with van der Waals surface area (Å²) < 4.78 is 15.9. The fourth-order valence-electron chi connectivity index (χ4n) is 3.30. The Morgan fingerprint density at radius 2 is 1.76 bits per heavy atom. The molecule has 1 atom stereocenters. The molecule has 3 aromatic carbocycles. The van der Waals surface area contributed by atoms with E-state index in [2.05, 4.69) is 10.6 Å². The van der Waals surface area contributed by atoms with Crippen molar-refractivity contribution in [2.45, 2.75) is 23.5 Å². The first-order valence-corrected chi connectivity index (χ1v) is 11.4. The van der Waals surface area contributed by atoms with Crippen LogP contribution in [-0.2, 0) is 4.79 Å². The van der Waals surface area contributed by atoms with Crippen LogP contribution in [0.4, 0.5) is 11.4 Å². The zero-order valence-electron chi connectivity index (χ0n) is 18.3. The van der Waals surface area contributed by atoms with Gasteiger partial charge in [0.05, 0.1) is 12.4 Å². The third-order valence-corrected chi connectivity index (χ3v) is 6.36. The number of thioether (sulfide) groups is 1. The van der Waals surface area contributed by atoms with Gasteiger partial charge in [0.2, 0.25) is 12.7 Å². The summed E-state index contributed by atoms with van der Waals surface area (Å²) in [6, 6.07) is 19.7. The Bertz CT molecular complexity index is 1170. The van der Waals surface area contributed by atoms with Gasteiger partial charge in [-0.05, 0) is 55.0 Å². The van der Waals surface area contributed by atoms with Crippen molar-refractivity contribution in [1.29, 1.82) is 0 Å². The van der Waals surface area contributed by atoms with Gasteiger partial charge in [0, 0.05) is 27.9 Å². The van der Waals surface area contributed by atoms with E-state index in [1.54, 1.807) is 49.6 Å². The lowest BCUT2D eigenvalue weighted by Gasteiger charge is -2.16. The third kappa shape index (κ3) is 5.59. The van der Waals surface area contributed by atoms with E-state index < -0.39 is 0 Å². The van der Waals surface area contributed by atoms with Crippen LogP contribution in [0.1, 0.15) is 23.7 Å². The van der Waals surface area contributed by atoms with Gasteiger partial charge in [-0.15, -0.1) is 11.8 Å². The Kier molecular flexibility index (Phi) is 7.04. The lowest BCUT2D eigenvalue weighted by atomic mass is 10.2. The highest BCUT2D eigenvalue weighted by molar-refractivity contribution is 8.00. The van der Waals surface area contributed by atoms with Crippen molar-refractivity contribution < 1.29 is 23.8 Å². The molecule has 1 aliphatic rings. The monoisotopic (exact) mass is 464 g/mol. The van der Waals surface area contributed by atoms with Crippen molar-refractivity contribution in [3.8, 4) is 17.2 Å². The first kappa shape index (κ1) is 22.5. The molecule has 0 saturated carbocycles. The molecule has 33 heavy (non-hydrogen) atoms. The molecule has 0 bridgehead atoms. The van der Waals surface area contributed by atoms with E-state index >= 15 is 0 Å². The van der Waals surface area contributed by atoms with E-state index in [0.29, 0.717) is 40.6 Å². The predicted octanol–water partition coefficient (Wildman–Crippen LogP) is 5.19. The Labute approximate surface area is 196 Å². The number of benzene rings is 3. The predicted molar refractivity (Wildman–Crippen MR) is 129 cm³/mol. The SMILES string of the molecule is CCC(Sc1cccc(NC(=O)c2cccc(OC)c2)c1)C(=O)Nc1ccc2c(c1)OCO2. The highest BCUT2D eigenvalue weighted by Gasteiger charge is 2.20. The smallest absolute Gasteiger partial charge is 0.255 e. The molecule has 170 valence electrons. The average Bonchev–Trinajstić information content (AvgIpc) is 3.30. The summed E-state index contributed by atoms with van der Waals surface area (Å²) in [6.45, 7) is 2.15. The van der Waals surface area contributed by atoms with Crippen molar-refractivity contribution in [3.63, 3.8) is 0 Å². The maximum Gasteiger partial charge on any atom is 0.255 e. The van der Waals surface area contributed by atoms with E-state index in [0.717, 1.165) is 4.90 Å². The molecule has 0 aromatic heterocycles. The number of carbonyl (C=O) groups excluding carboxylic acids is 2. The lowest BCUT2D eigenvalue weighted by Crippen LogP contribution is -2.24. The van der Waals surface area contributed by atoms with Crippen molar-refractivity contribution in [1.82, 2.24) is 0 Å². The number of carbonyl (C=O) groups is 2. The molecule has 1 unspecified atom stereocenters. The summed E-state index contributed by atoms with van der Waals surface area (Å²) >= 11 is 1.45. The number of nitrogens with one attached hydrogen (secondary N) is 2. The molecule has 8 heteroatoms. The molecule has 0 spiro atoms. The molecule has 3 aromatic rings. The number of methoxy groups -OCH3 is 1. The molecular weight excluding hydrogens is 440 g/mol. The van der Waals surface area contributed by atoms with Crippen molar-refractivity contribution in [3.05, 3.63) is 72.3 Å². The molecule has 0 fully saturated rings. The molecule has 0 radical (unpaired) electrons. The van der Waals surface area contributed by atoms with Crippen LogP contribution in [0.5, 0.6) is 17.2 Å². The van der Waals surface area contributed by atoms with Crippen molar-refractivity contribution >= 4 is 35.0 Å². The molecular formula is C25H24N2O5S. The number of hydrogen-bond donors (Lipinski definition) is 2. The Balaban J connectivity index is 1.40. The second-order valence-corrected chi connectivity index (χ2v) is 8.56. The fourth-order valence-corrected chi connectivity index (χ4v) is 4.31. The Morgan fingerprint density at radius 1 is 0.970 bits per heavy atom. The van der Waals surface area contributed by atoms with Crippen molar-refractivity contribution in [2.24, 2.45) is 0 Å². The first-order valence-electron chi connectivity index (χ1n) is 10.5. The molecule has 1 heterocycles. The molecule has 0 saturated heterocycles. The van der Waals surface area contributed by atoms with Crippen LogP contribution in [0.25, 0.3) is 0 Å². The van der Waals surface area contributed by atoms with Crippen LogP contribution in [0.15, 0.2) is 71.6 Å². The van der Waals surface area contributed by atoms with E-state index in [4.69, 9.17) is 14.2 Å². The van der Waals surface area contributed by atoms with Crippen LogP contribution in [0.2, 0.25) is 0 Å². The summed E-state index contributed by atoms with van der Waals surface area (Å²) in [5.74, 6) is 1.57. The fraction of sp³-hybridized carbons (Fsp3) is 0.200. The first-order chi connectivity index (χ1) is 16.1. The quantitative estimate of drug-likeness (QED) is 0.447. The number of ether oxygens (including phenoxy) is 3. The largest absolute Gasteiger partial charge is 0.497 e. The van der Waals surface area contributed by atoms with Crippen LogP contribution in [0, 0.1) is 0 Å². The normalized spacial score (nSPS) is 12.7. The minimum absolute atomic E-state index is 0.104. The second-order valence-electron chi connectivity index (χ2n) is 7.29. The van der Waals surface area contributed by atoms with Gasteiger partial charge in [0.25, 0.3) is 5.91 Å². The molecule has 2 N–H and O–H groups in total. The van der Waals surface area contributed by atoms with Crippen LogP contribution >= 0.6 is 11.8 Å². The number of hydrogen-bond acceptors (Lipinski definition) is 6. The average molecular weight is 465 g/mol. The van der Waals surface area contributed by atoms with Gasteiger partial charge in [0.1, 0.15) is 5.75 Å². The van der Waals surface area contributed by atoms with Crippen molar-refractivity contribution in [2.75, 3.05) is 24.5 Å². The van der Waals surface area contributed by atoms with Crippen LogP contribution in [-0.4, -0.2) is 31.0 Å². The van der Waals surface area contributed by atoms with Crippen LogP contribution < -0.4 is 24.8 Å². The number of amides is 2. The molecule has 2 amide bonds. The minimum Gasteiger partial charge on any atom is -0.497 e. The molecule has 1 aliphatic heterocycles. The van der Waals surface area contributed by atoms with E-state index in [-0.39, 0.29) is 23.9 Å². The van der Waals surface area contributed by atoms with E-state index in [1.165, 1.54) is 11.8 Å². The summed E-state index contributed by atoms with van der Waals surface area (Å²) in [5.41, 5.74) is 1.81. The summed E-state index contributed by atoms with van der Waals surface area (Å²) in [7, 11) is 1.56.